The zero-order chi connectivity index (χ0) is 42.6. The molecule has 0 bridgehead atoms. The number of halogens is 2. The van der Waals surface area contributed by atoms with Gasteiger partial charge in [-0.2, -0.15) is 11.6 Å². The van der Waals surface area contributed by atoms with Crippen molar-refractivity contribution in [3.8, 4) is 0 Å². The second kappa shape index (κ2) is 18.1. The van der Waals surface area contributed by atoms with E-state index in [0.717, 1.165) is 0 Å². The van der Waals surface area contributed by atoms with Gasteiger partial charge in [-0.25, -0.2) is 6.08 Å². The molecular weight excluding hydrogens is 847 g/mol. The molecule has 6 aliphatic rings. The van der Waals surface area contributed by atoms with E-state index >= 15 is 0 Å². The van der Waals surface area contributed by atoms with Gasteiger partial charge in [0.1, 0.15) is 0 Å². The molecule has 2 aromatic carbocycles. The zero-order valence-corrected chi connectivity index (χ0v) is 43.2. The first-order chi connectivity index (χ1) is 27.1. The largest absolute Gasteiger partial charge is 1.00 e. The van der Waals surface area contributed by atoms with Crippen molar-refractivity contribution < 1.29 is 49.0 Å². The Hall–Kier alpha value is -2.31. The van der Waals surface area contributed by atoms with Crippen LogP contribution in [0, 0.1) is 81.5 Å². The predicted octanol–water partition coefficient (Wildman–Crippen LogP) is 9.21. The molecule has 320 valence electrons. The van der Waals surface area contributed by atoms with E-state index in [0.29, 0.717) is 17.3 Å². The average Bonchev–Trinajstić information content (AvgIpc) is 3.75. The molecule has 3 heteroatoms. The molecule has 0 spiro atoms. The van der Waals surface area contributed by atoms with E-state index in [4.69, 9.17) is 0 Å². The van der Waals surface area contributed by atoms with E-state index in [1.54, 1.807) is 0 Å². The summed E-state index contributed by atoms with van der Waals surface area (Å²) in [6.07, 6.45) is 41.1. The van der Waals surface area contributed by atoms with Crippen molar-refractivity contribution in [3.63, 3.8) is 0 Å². The van der Waals surface area contributed by atoms with Crippen LogP contribution >= 0.6 is 0 Å². The summed E-state index contributed by atoms with van der Waals surface area (Å²) in [5, 5.41) is 0. The van der Waals surface area contributed by atoms with Gasteiger partial charge in [0.15, 0.2) is 0 Å². The number of benzene rings is 2. The van der Waals surface area contributed by atoms with E-state index in [9.17, 15) is 0 Å². The number of fused-ring (bicyclic) bond motifs is 8. The van der Waals surface area contributed by atoms with Crippen LogP contribution in [0.3, 0.4) is 0 Å². The van der Waals surface area contributed by atoms with Crippen LogP contribution in [-0.4, -0.2) is 3.21 Å². The van der Waals surface area contributed by atoms with Crippen molar-refractivity contribution in [2.45, 2.75) is 116 Å². The van der Waals surface area contributed by atoms with Gasteiger partial charge in [-0.3, -0.25) is 6.08 Å². The number of rotatable bonds is 5. The summed E-state index contributed by atoms with van der Waals surface area (Å²) in [5.41, 5.74) is 8.80. The number of unbranched alkanes of at least 4 members (excludes halogenated alkanes) is 1. The second-order valence-electron chi connectivity index (χ2n) is 20.7. The van der Waals surface area contributed by atoms with Crippen LogP contribution in [0.5, 0.6) is 0 Å². The third-order valence-corrected chi connectivity index (χ3v) is 18.7. The molecule has 9 atom stereocenters. The summed E-state index contributed by atoms with van der Waals surface area (Å²) in [6.45, 7) is 33.6. The monoisotopic (exact) mass is 916 g/mol. The van der Waals surface area contributed by atoms with Gasteiger partial charge in [-0.1, -0.05) is 173 Å². The first kappa shape index (κ1) is 50.3. The minimum absolute atomic E-state index is 0. The minimum atomic E-state index is 0. The standard InChI is InChI=1S/C29H37.C15H14.C13H21.2ClH.Zr/c1-21-14-13-15-22-20-27(6)25(4)18-10-9-16-23(25,2)24(3)17-11-12-19-26(24,5)29(27,8)28(21,22)7;1-12-3-7-14(8-4-12)11-15-9-5-13(2)6-10-15;1-5-6-7-11-8-9-12(10-11)13(2,3)4;;;/h9-20,22H,1-8H3;3-10H,1-2H3;9-11H,5-7H2,1-4H3;2*1H;/q-1;;-1;;;+2/p-2. The van der Waals surface area contributed by atoms with Gasteiger partial charge in [0.2, 0.25) is 0 Å². The van der Waals surface area contributed by atoms with Crippen molar-refractivity contribution in [2.75, 3.05) is 0 Å². The molecular formula is C57H72Cl2Zr-2. The van der Waals surface area contributed by atoms with E-state index in [-0.39, 0.29) is 62.7 Å². The Morgan fingerprint density at radius 3 is 1.62 bits per heavy atom. The minimum Gasteiger partial charge on any atom is -1.00 e. The molecule has 0 radical (unpaired) electrons. The van der Waals surface area contributed by atoms with Gasteiger partial charge >= 0.3 is 112 Å². The Morgan fingerprint density at radius 2 is 1.15 bits per heavy atom. The van der Waals surface area contributed by atoms with Gasteiger partial charge in [-0.05, 0) is 28.6 Å². The molecule has 2 saturated carbocycles. The van der Waals surface area contributed by atoms with Crippen LogP contribution in [-0.2, 0) is 24.2 Å². The molecule has 2 fully saturated rings. The van der Waals surface area contributed by atoms with Crippen LogP contribution in [0.2, 0.25) is 0 Å². The van der Waals surface area contributed by atoms with Crippen molar-refractivity contribution in [2.24, 2.45) is 55.2 Å². The van der Waals surface area contributed by atoms with Gasteiger partial charge < -0.3 is 31.2 Å². The topological polar surface area (TPSA) is 0 Å². The summed E-state index contributed by atoms with van der Waals surface area (Å²) >= 11 is 1.46. The predicted molar refractivity (Wildman–Crippen MR) is 248 cm³/mol. The number of allylic oxidation sites excluding steroid dienone is 16. The molecule has 0 aromatic heterocycles. The van der Waals surface area contributed by atoms with Crippen molar-refractivity contribution in [3.05, 3.63) is 173 Å². The first-order valence-corrected chi connectivity index (χ1v) is 23.3. The van der Waals surface area contributed by atoms with Gasteiger partial charge in [-0.15, -0.1) is 17.4 Å². The fourth-order valence-electron chi connectivity index (χ4n) is 12.4. The maximum Gasteiger partial charge on any atom is -1.00 e. The Morgan fingerprint density at radius 1 is 0.683 bits per heavy atom. The second-order valence-corrected chi connectivity index (χ2v) is 22.0. The number of hydrogen-bond donors (Lipinski definition) is 0. The molecule has 0 N–H and O–H groups in total. The van der Waals surface area contributed by atoms with Gasteiger partial charge in [0, 0.05) is 10.8 Å². The van der Waals surface area contributed by atoms with Crippen LogP contribution in [0.1, 0.15) is 125 Å². The Labute approximate surface area is 394 Å². The molecule has 0 saturated heterocycles. The molecule has 60 heavy (non-hydrogen) atoms. The molecule has 6 aliphatic carbocycles. The van der Waals surface area contributed by atoms with E-state index in [2.05, 4.69) is 237 Å². The quantitative estimate of drug-likeness (QED) is 0.263. The van der Waals surface area contributed by atoms with Crippen LogP contribution in [0.15, 0.2) is 139 Å². The first-order valence-electron chi connectivity index (χ1n) is 22.1. The summed E-state index contributed by atoms with van der Waals surface area (Å²) < 4.78 is 1.42. The van der Waals surface area contributed by atoms with Crippen molar-refractivity contribution in [1.29, 1.82) is 0 Å². The maximum absolute atomic E-state index is 3.43. The molecule has 0 amide bonds. The van der Waals surface area contributed by atoms with E-state index < -0.39 is 0 Å². The normalized spacial score (nSPS) is 36.1. The fraction of sp³-hybridized carbons (Fsp3) is 0.474. The van der Waals surface area contributed by atoms with Crippen LogP contribution < -0.4 is 24.8 Å². The molecule has 8 rings (SSSR count). The van der Waals surface area contributed by atoms with E-state index in [1.807, 2.05) is 0 Å². The Kier molecular flexibility index (Phi) is 15.1. The molecule has 2 aromatic rings. The third kappa shape index (κ3) is 7.54. The van der Waals surface area contributed by atoms with Crippen LogP contribution in [0.4, 0.5) is 0 Å². The molecule has 0 aliphatic heterocycles. The number of aryl methyl sites for hydroxylation is 2. The maximum atomic E-state index is 3.43. The third-order valence-electron chi connectivity index (χ3n) is 17.3. The summed E-state index contributed by atoms with van der Waals surface area (Å²) in [7, 11) is 0. The zero-order valence-electron chi connectivity index (χ0n) is 39.2. The molecule has 9 unspecified atom stereocenters. The molecule has 0 heterocycles. The Bertz CT molecular complexity index is 2090. The smallest absolute Gasteiger partial charge is 1.00 e. The summed E-state index contributed by atoms with van der Waals surface area (Å²) in [6, 6.07) is 17.5. The van der Waals surface area contributed by atoms with Crippen molar-refractivity contribution >= 4 is 3.21 Å². The van der Waals surface area contributed by atoms with Gasteiger partial charge in [0.05, 0.1) is 0 Å². The fourth-order valence-corrected chi connectivity index (χ4v) is 13.2. The van der Waals surface area contributed by atoms with Gasteiger partial charge in [0.25, 0.3) is 0 Å². The molecule has 0 nitrogen and oxygen atoms in total. The number of hydrogen-bond acceptors (Lipinski definition) is 0. The van der Waals surface area contributed by atoms with Crippen molar-refractivity contribution in [1.82, 2.24) is 0 Å². The average molecular weight is 919 g/mol. The summed E-state index contributed by atoms with van der Waals surface area (Å²) in [4.78, 5) is 0. The van der Waals surface area contributed by atoms with Crippen LogP contribution in [0.25, 0.3) is 0 Å². The Balaban J connectivity index is 0.000000218. The SMILES string of the molecule is CC1=CC=CC2[CH-]C3(C)C4(C)C=CC=CC4(C)C4(C)C=CC=CC4(C)C3(C)C12C.CCCCC1[C-]=CC(C(C)(C)C)=C1.Cc1ccc([C](=[Zr+2])c2ccc(C)cc2)cc1.[Cl-].[Cl-]. The van der Waals surface area contributed by atoms with E-state index in [1.165, 1.54) is 80.1 Å². The summed E-state index contributed by atoms with van der Waals surface area (Å²) in [5.74, 6) is 1.05.